The fraction of sp³-hybridized carbons (Fsp3) is 0.696. The summed E-state index contributed by atoms with van der Waals surface area (Å²) in [5, 5.41) is 0.0181. The summed E-state index contributed by atoms with van der Waals surface area (Å²) >= 11 is 0. The summed E-state index contributed by atoms with van der Waals surface area (Å²) in [7, 11) is -2.38. The number of fused-ring (bicyclic) bond motifs is 2. The number of aryl methyl sites for hydroxylation is 1. The summed E-state index contributed by atoms with van der Waals surface area (Å²) in [5.41, 5.74) is 1.43. The lowest BCUT2D eigenvalue weighted by atomic mass is 9.93. The molecule has 0 saturated carbocycles. The molecule has 160 valence electrons. The average Bonchev–Trinajstić information content (AvgIpc) is 3.26. The van der Waals surface area contributed by atoms with Crippen LogP contribution in [0, 0.1) is 5.92 Å². The minimum Gasteiger partial charge on any atom is -0.460 e. The second-order valence-corrected chi connectivity index (χ2v) is 16.3. The lowest BCUT2D eigenvalue weighted by molar-refractivity contribution is -0.144. The van der Waals surface area contributed by atoms with E-state index < -0.39 is 8.32 Å². The molecule has 2 saturated heterocycles. The van der Waals surface area contributed by atoms with Crippen molar-refractivity contribution in [3.8, 4) is 11.5 Å². The molecule has 5 nitrogen and oxygen atoms in total. The summed E-state index contributed by atoms with van der Waals surface area (Å²) in [6.45, 7) is 16.1. The van der Waals surface area contributed by atoms with Gasteiger partial charge in [0.2, 0.25) is 15.1 Å². The number of carbonyl (C=O) groups excluding carboxylic acids is 1. The van der Waals surface area contributed by atoms with Gasteiger partial charge in [-0.2, -0.15) is 0 Å². The summed E-state index contributed by atoms with van der Waals surface area (Å²) in [6, 6.07) is 6.16. The van der Waals surface area contributed by atoms with Crippen LogP contribution in [0.4, 0.5) is 0 Å². The van der Waals surface area contributed by atoms with Gasteiger partial charge in [0.15, 0.2) is 11.5 Å². The van der Waals surface area contributed by atoms with Crippen LogP contribution < -0.4 is 9.47 Å². The average molecular weight is 419 g/mol. The molecule has 4 atom stereocenters. The van der Waals surface area contributed by atoms with Crippen LogP contribution in [-0.2, 0) is 20.4 Å². The van der Waals surface area contributed by atoms with Crippen molar-refractivity contribution in [3.63, 3.8) is 0 Å². The van der Waals surface area contributed by atoms with E-state index >= 15 is 0 Å². The normalized spacial score (nSPS) is 30.4. The Balaban J connectivity index is 1.69. The SMILES string of the molecule is C[C@@H]1OC(=O)[C@@H]2[C@H]1O[Si](C(C)(C)C)(C(C)(C)C)[C@@H]2CCc1ccc2c(c1)OCO2. The van der Waals surface area contributed by atoms with E-state index in [1.807, 2.05) is 13.0 Å². The van der Waals surface area contributed by atoms with Crippen LogP contribution in [0.15, 0.2) is 18.2 Å². The molecule has 1 aromatic carbocycles. The van der Waals surface area contributed by atoms with Crippen LogP contribution in [0.2, 0.25) is 15.6 Å². The Labute approximate surface area is 175 Å². The topological polar surface area (TPSA) is 54.0 Å². The Morgan fingerprint density at radius 1 is 1.03 bits per heavy atom. The molecule has 0 aliphatic carbocycles. The number of rotatable bonds is 3. The first-order valence-electron chi connectivity index (χ1n) is 10.7. The van der Waals surface area contributed by atoms with Crippen LogP contribution in [0.25, 0.3) is 0 Å². The van der Waals surface area contributed by atoms with E-state index in [-0.39, 0.29) is 46.5 Å². The molecule has 0 unspecified atom stereocenters. The molecule has 29 heavy (non-hydrogen) atoms. The molecular formula is C23H34O5Si. The monoisotopic (exact) mass is 418 g/mol. The molecule has 2 fully saturated rings. The summed E-state index contributed by atoms with van der Waals surface area (Å²) in [4.78, 5) is 12.9. The van der Waals surface area contributed by atoms with Gasteiger partial charge in [-0.15, -0.1) is 0 Å². The number of carbonyl (C=O) groups is 1. The first-order chi connectivity index (χ1) is 13.5. The van der Waals surface area contributed by atoms with Gasteiger partial charge in [-0.05, 0) is 53.1 Å². The highest BCUT2D eigenvalue weighted by Crippen LogP contribution is 2.66. The summed E-state index contributed by atoms with van der Waals surface area (Å²) < 4.78 is 23.6. The fourth-order valence-electron chi connectivity index (χ4n) is 6.26. The highest BCUT2D eigenvalue weighted by atomic mass is 28.4. The minimum atomic E-state index is -2.38. The molecule has 0 spiro atoms. The number of hydrogen-bond acceptors (Lipinski definition) is 5. The van der Waals surface area contributed by atoms with Crippen molar-refractivity contribution in [1.82, 2.24) is 0 Å². The van der Waals surface area contributed by atoms with Crippen molar-refractivity contribution in [2.75, 3.05) is 6.79 Å². The van der Waals surface area contributed by atoms with Crippen LogP contribution in [0.1, 0.15) is 60.5 Å². The second kappa shape index (κ2) is 6.74. The maximum atomic E-state index is 12.9. The third-order valence-electron chi connectivity index (χ3n) is 7.08. The highest BCUT2D eigenvalue weighted by Gasteiger charge is 2.71. The van der Waals surface area contributed by atoms with Crippen LogP contribution >= 0.6 is 0 Å². The Hall–Kier alpha value is -1.53. The van der Waals surface area contributed by atoms with Crippen LogP contribution in [-0.4, -0.2) is 33.3 Å². The lowest BCUT2D eigenvalue weighted by Crippen LogP contribution is -2.56. The van der Waals surface area contributed by atoms with Gasteiger partial charge in [-0.3, -0.25) is 4.79 Å². The van der Waals surface area contributed by atoms with E-state index in [4.69, 9.17) is 18.6 Å². The van der Waals surface area contributed by atoms with Crippen molar-refractivity contribution in [2.45, 2.75) is 89.1 Å². The van der Waals surface area contributed by atoms with E-state index in [0.717, 1.165) is 24.3 Å². The first-order valence-corrected chi connectivity index (χ1v) is 12.7. The van der Waals surface area contributed by atoms with E-state index in [9.17, 15) is 4.79 Å². The van der Waals surface area contributed by atoms with Gasteiger partial charge in [-0.25, -0.2) is 0 Å². The number of esters is 1. The molecule has 0 radical (unpaired) electrons. The molecule has 3 heterocycles. The maximum Gasteiger partial charge on any atom is 0.312 e. The lowest BCUT2D eigenvalue weighted by Gasteiger charge is -2.52. The van der Waals surface area contributed by atoms with Gasteiger partial charge in [0.05, 0.1) is 12.0 Å². The molecular weight excluding hydrogens is 384 g/mol. The number of cyclic esters (lactones) is 1. The molecule has 1 aromatic rings. The molecule has 0 N–H and O–H groups in total. The zero-order valence-electron chi connectivity index (χ0n) is 18.7. The van der Waals surface area contributed by atoms with E-state index in [1.54, 1.807) is 0 Å². The van der Waals surface area contributed by atoms with Crippen molar-refractivity contribution >= 4 is 14.3 Å². The molecule has 0 amide bonds. The van der Waals surface area contributed by atoms with Crippen molar-refractivity contribution in [1.29, 1.82) is 0 Å². The van der Waals surface area contributed by atoms with Crippen molar-refractivity contribution in [2.24, 2.45) is 5.92 Å². The standard InChI is InChI=1S/C23H34O5Si/c1-14-20-19(21(24)27-14)18(29(28-20,22(2,3)4)23(5,6)7)11-9-15-8-10-16-17(12-15)26-13-25-16/h8,10,12,14,18-20H,9,11,13H2,1-7H3/t14-,18+,19-,20-/m0/s1. The van der Waals surface area contributed by atoms with Crippen molar-refractivity contribution in [3.05, 3.63) is 23.8 Å². The zero-order valence-corrected chi connectivity index (χ0v) is 19.7. The summed E-state index contributed by atoms with van der Waals surface area (Å²) in [6.07, 6.45) is 1.52. The van der Waals surface area contributed by atoms with E-state index in [2.05, 4.69) is 53.7 Å². The fourth-order valence-corrected chi connectivity index (χ4v) is 13.8. The number of ether oxygens (including phenoxy) is 3. The van der Waals surface area contributed by atoms with E-state index in [0.29, 0.717) is 0 Å². The van der Waals surface area contributed by atoms with Crippen molar-refractivity contribution < 1.29 is 23.4 Å². The Bertz CT molecular complexity index is 792. The second-order valence-electron chi connectivity index (χ2n) is 10.8. The third-order valence-corrected chi connectivity index (χ3v) is 13.9. The number of benzene rings is 1. The molecule has 0 bridgehead atoms. The van der Waals surface area contributed by atoms with Gasteiger partial charge in [0.25, 0.3) is 0 Å². The molecule has 0 aromatic heterocycles. The van der Waals surface area contributed by atoms with Crippen LogP contribution in [0.3, 0.4) is 0 Å². The Morgan fingerprint density at radius 2 is 1.69 bits per heavy atom. The maximum absolute atomic E-state index is 12.9. The van der Waals surface area contributed by atoms with Gasteiger partial charge in [-0.1, -0.05) is 47.6 Å². The summed E-state index contributed by atoms with van der Waals surface area (Å²) in [5.74, 6) is 1.40. The van der Waals surface area contributed by atoms with Crippen LogP contribution in [0.5, 0.6) is 11.5 Å². The van der Waals surface area contributed by atoms with E-state index in [1.165, 1.54) is 5.56 Å². The van der Waals surface area contributed by atoms with Gasteiger partial charge in [0, 0.05) is 0 Å². The third kappa shape index (κ3) is 3.10. The number of hydrogen-bond donors (Lipinski definition) is 0. The first kappa shape index (κ1) is 20.7. The van der Waals surface area contributed by atoms with Gasteiger partial charge >= 0.3 is 5.97 Å². The molecule has 3 aliphatic rings. The molecule has 3 aliphatic heterocycles. The smallest absolute Gasteiger partial charge is 0.312 e. The minimum absolute atomic E-state index is 0.00907. The Kier molecular flexibility index (Phi) is 4.82. The largest absolute Gasteiger partial charge is 0.460 e. The predicted octanol–water partition coefficient (Wildman–Crippen LogP) is 5.22. The molecule has 4 rings (SSSR count). The molecule has 6 heteroatoms. The zero-order chi connectivity index (χ0) is 21.2. The highest BCUT2D eigenvalue weighted by molar-refractivity contribution is 6.81. The van der Waals surface area contributed by atoms with Gasteiger partial charge in [0.1, 0.15) is 6.10 Å². The van der Waals surface area contributed by atoms with Gasteiger partial charge < -0.3 is 18.6 Å². The quantitative estimate of drug-likeness (QED) is 0.497. The Morgan fingerprint density at radius 3 is 2.34 bits per heavy atom. The predicted molar refractivity (Wildman–Crippen MR) is 114 cm³/mol.